The molecule has 0 aliphatic carbocycles. The largest absolute Gasteiger partial charge is 0.436 e. The lowest BCUT2D eigenvalue weighted by Gasteiger charge is -2.10. The molecule has 2 aromatic heterocycles. The summed E-state index contributed by atoms with van der Waals surface area (Å²) in [5.41, 5.74) is 8.25. The average molecular weight is 282 g/mol. The van der Waals surface area contributed by atoms with E-state index in [-0.39, 0.29) is 5.78 Å². The second-order valence-corrected chi connectivity index (χ2v) is 4.76. The molecule has 0 saturated heterocycles. The van der Waals surface area contributed by atoms with Crippen LogP contribution in [-0.4, -0.2) is 20.4 Å². The highest BCUT2D eigenvalue weighted by Gasteiger charge is 2.13. The number of benzene rings is 1. The van der Waals surface area contributed by atoms with Crippen LogP contribution in [0.25, 0.3) is 5.52 Å². The fourth-order valence-corrected chi connectivity index (χ4v) is 2.11. The van der Waals surface area contributed by atoms with Gasteiger partial charge in [0.15, 0.2) is 5.78 Å². The molecule has 0 aliphatic heterocycles. The minimum atomic E-state index is -0.117. The lowest BCUT2D eigenvalue weighted by molar-refractivity contribution is 0.101. The van der Waals surface area contributed by atoms with Crippen LogP contribution in [0.2, 0.25) is 0 Å². The molecule has 1 aromatic carbocycles. The molecule has 21 heavy (non-hydrogen) atoms. The van der Waals surface area contributed by atoms with E-state index in [4.69, 9.17) is 10.5 Å². The van der Waals surface area contributed by atoms with Gasteiger partial charge in [-0.15, -0.1) is 0 Å². The van der Waals surface area contributed by atoms with Gasteiger partial charge in [-0.05, 0) is 38.1 Å². The average Bonchev–Trinajstić information content (AvgIpc) is 2.82. The van der Waals surface area contributed by atoms with Crippen LogP contribution in [0.5, 0.6) is 11.6 Å². The van der Waals surface area contributed by atoms with Crippen molar-refractivity contribution < 1.29 is 9.53 Å². The lowest BCUT2D eigenvalue weighted by atomic mass is 10.1. The molecule has 0 unspecified atom stereocenters. The monoisotopic (exact) mass is 282 g/mol. The Morgan fingerprint density at radius 1 is 1.33 bits per heavy atom. The molecular weight excluding hydrogens is 268 g/mol. The maximum atomic E-state index is 11.7. The molecule has 6 heteroatoms. The van der Waals surface area contributed by atoms with E-state index in [1.165, 1.54) is 6.92 Å². The second-order valence-electron chi connectivity index (χ2n) is 4.76. The second kappa shape index (κ2) is 4.90. The van der Waals surface area contributed by atoms with Crippen molar-refractivity contribution >= 4 is 17.0 Å². The van der Waals surface area contributed by atoms with Gasteiger partial charge in [-0.3, -0.25) is 4.79 Å². The van der Waals surface area contributed by atoms with Gasteiger partial charge in [-0.1, -0.05) is 0 Å². The van der Waals surface area contributed by atoms with Crippen molar-refractivity contribution in [3.8, 4) is 11.6 Å². The predicted octanol–water partition coefficient (Wildman–Crippen LogP) is 2.61. The molecule has 0 aliphatic rings. The van der Waals surface area contributed by atoms with Gasteiger partial charge in [0.25, 0.3) is 0 Å². The van der Waals surface area contributed by atoms with Gasteiger partial charge in [0.05, 0.1) is 11.3 Å². The van der Waals surface area contributed by atoms with E-state index in [1.54, 1.807) is 35.1 Å². The van der Waals surface area contributed by atoms with E-state index in [2.05, 4.69) is 10.1 Å². The summed E-state index contributed by atoms with van der Waals surface area (Å²) in [7, 11) is 0. The van der Waals surface area contributed by atoms with Crippen molar-refractivity contribution in [3.63, 3.8) is 0 Å². The Kier molecular flexibility index (Phi) is 3.06. The molecule has 3 rings (SSSR count). The molecule has 0 radical (unpaired) electrons. The summed E-state index contributed by atoms with van der Waals surface area (Å²) in [6.07, 6.45) is 3.34. The summed E-state index contributed by atoms with van der Waals surface area (Å²) in [5.74, 6) is 0.704. The van der Waals surface area contributed by atoms with E-state index in [0.717, 1.165) is 11.2 Å². The summed E-state index contributed by atoms with van der Waals surface area (Å²) < 4.78 is 7.49. The number of carbonyl (C=O) groups excluding carboxylic acids is 1. The van der Waals surface area contributed by atoms with Gasteiger partial charge in [0.2, 0.25) is 5.88 Å². The Morgan fingerprint density at radius 3 is 2.90 bits per heavy atom. The zero-order chi connectivity index (χ0) is 15.0. The standard InChI is InChI=1S/C15H14N4O2/c1-9-7-13-15(17-5-6-19(13)18-9)21-14-4-3-11(16)8-12(14)10(2)20/h3-8H,16H2,1-2H3. The van der Waals surface area contributed by atoms with Crippen LogP contribution in [0, 0.1) is 6.92 Å². The molecular formula is C15H14N4O2. The van der Waals surface area contributed by atoms with Crippen molar-refractivity contribution in [2.45, 2.75) is 13.8 Å². The molecule has 106 valence electrons. The first-order valence-corrected chi connectivity index (χ1v) is 6.44. The summed E-state index contributed by atoms with van der Waals surface area (Å²) in [6.45, 7) is 3.36. The quantitative estimate of drug-likeness (QED) is 0.589. The van der Waals surface area contributed by atoms with E-state index in [1.807, 2.05) is 13.0 Å². The van der Waals surface area contributed by atoms with E-state index in [9.17, 15) is 4.79 Å². The molecule has 0 bridgehead atoms. The Morgan fingerprint density at radius 2 is 2.14 bits per heavy atom. The SMILES string of the molecule is CC(=O)c1cc(N)ccc1Oc1nccn2nc(C)cc12. The van der Waals surface area contributed by atoms with Crippen molar-refractivity contribution in [1.82, 2.24) is 14.6 Å². The van der Waals surface area contributed by atoms with E-state index in [0.29, 0.717) is 22.9 Å². The lowest BCUT2D eigenvalue weighted by Crippen LogP contribution is -2.01. The first-order valence-electron chi connectivity index (χ1n) is 6.44. The number of hydrogen-bond acceptors (Lipinski definition) is 5. The van der Waals surface area contributed by atoms with Crippen molar-refractivity contribution in [2.75, 3.05) is 5.73 Å². The molecule has 0 saturated carbocycles. The number of ether oxygens (including phenoxy) is 1. The highest BCUT2D eigenvalue weighted by atomic mass is 16.5. The molecule has 0 fully saturated rings. The third kappa shape index (κ3) is 2.43. The number of aryl methyl sites for hydroxylation is 1. The Balaban J connectivity index is 2.08. The van der Waals surface area contributed by atoms with E-state index >= 15 is 0 Å². The highest BCUT2D eigenvalue weighted by molar-refractivity contribution is 5.97. The van der Waals surface area contributed by atoms with Gasteiger partial charge < -0.3 is 10.5 Å². The molecule has 0 spiro atoms. The van der Waals surface area contributed by atoms with Gasteiger partial charge in [-0.2, -0.15) is 5.10 Å². The van der Waals surface area contributed by atoms with Gasteiger partial charge in [0.1, 0.15) is 11.3 Å². The number of aromatic nitrogens is 3. The Labute approximate surface area is 121 Å². The molecule has 0 atom stereocenters. The maximum Gasteiger partial charge on any atom is 0.245 e. The fraction of sp³-hybridized carbons (Fsp3) is 0.133. The number of rotatable bonds is 3. The number of nitrogens with zero attached hydrogens (tertiary/aromatic N) is 3. The summed E-state index contributed by atoms with van der Waals surface area (Å²) >= 11 is 0. The Hall–Kier alpha value is -2.89. The highest BCUT2D eigenvalue weighted by Crippen LogP contribution is 2.29. The number of hydrogen-bond donors (Lipinski definition) is 1. The van der Waals surface area contributed by atoms with Crippen LogP contribution in [0.15, 0.2) is 36.7 Å². The number of carbonyl (C=O) groups is 1. The smallest absolute Gasteiger partial charge is 0.245 e. The normalized spacial score (nSPS) is 10.8. The van der Waals surface area contributed by atoms with Crippen molar-refractivity contribution in [3.05, 3.63) is 47.9 Å². The maximum absolute atomic E-state index is 11.7. The minimum Gasteiger partial charge on any atom is -0.436 e. The minimum absolute atomic E-state index is 0.117. The zero-order valence-electron chi connectivity index (χ0n) is 11.7. The van der Waals surface area contributed by atoms with Crippen molar-refractivity contribution in [1.29, 1.82) is 0 Å². The van der Waals surface area contributed by atoms with E-state index < -0.39 is 0 Å². The molecule has 2 heterocycles. The first-order chi connectivity index (χ1) is 10.0. The topological polar surface area (TPSA) is 82.5 Å². The van der Waals surface area contributed by atoms with Crippen LogP contribution in [0.1, 0.15) is 23.0 Å². The summed E-state index contributed by atoms with van der Waals surface area (Å²) in [4.78, 5) is 15.9. The molecule has 3 aromatic rings. The summed E-state index contributed by atoms with van der Waals surface area (Å²) in [5, 5.41) is 4.30. The third-order valence-corrected chi connectivity index (χ3v) is 3.07. The molecule has 0 amide bonds. The zero-order valence-corrected chi connectivity index (χ0v) is 11.7. The predicted molar refractivity (Wildman–Crippen MR) is 78.7 cm³/mol. The van der Waals surface area contributed by atoms with Gasteiger partial charge >= 0.3 is 0 Å². The number of nitrogen functional groups attached to an aromatic ring is 1. The fourth-order valence-electron chi connectivity index (χ4n) is 2.11. The van der Waals surface area contributed by atoms with Gasteiger partial charge in [-0.25, -0.2) is 9.50 Å². The molecule has 6 nitrogen and oxygen atoms in total. The van der Waals surface area contributed by atoms with Crippen LogP contribution in [-0.2, 0) is 0 Å². The number of nitrogens with two attached hydrogens (primary N) is 1. The molecule has 2 N–H and O–H groups in total. The third-order valence-electron chi connectivity index (χ3n) is 3.07. The van der Waals surface area contributed by atoms with Crippen LogP contribution >= 0.6 is 0 Å². The number of anilines is 1. The first kappa shape index (κ1) is 13.1. The van der Waals surface area contributed by atoms with Crippen LogP contribution in [0.3, 0.4) is 0 Å². The summed E-state index contributed by atoms with van der Waals surface area (Å²) in [6, 6.07) is 6.82. The van der Waals surface area contributed by atoms with Crippen LogP contribution in [0.4, 0.5) is 5.69 Å². The van der Waals surface area contributed by atoms with Crippen LogP contribution < -0.4 is 10.5 Å². The van der Waals surface area contributed by atoms with Crippen molar-refractivity contribution in [2.24, 2.45) is 0 Å². The number of fused-ring (bicyclic) bond motifs is 1. The number of Topliss-reactive ketones (excluding diaryl/α,β-unsaturated/α-hetero) is 1. The Bertz CT molecular complexity index is 839. The number of ketones is 1. The van der Waals surface area contributed by atoms with Gasteiger partial charge in [0, 0.05) is 18.1 Å².